The van der Waals surface area contributed by atoms with Crippen LogP contribution in [0.2, 0.25) is 0 Å². The van der Waals surface area contributed by atoms with E-state index in [1.807, 2.05) is 0 Å². The van der Waals surface area contributed by atoms with Gasteiger partial charge < -0.3 is 9.79 Å². The largest absolute Gasteiger partial charge is 0.326 e. The molecule has 0 bridgehead atoms. The molecule has 6 heteroatoms. The van der Waals surface area contributed by atoms with Crippen LogP contribution in [0, 0.1) is 0 Å². The number of hydrogen-bond acceptors (Lipinski definition) is 1. The Bertz CT molecular complexity index is 118. The lowest BCUT2D eigenvalue weighted by Crippen LogP contribution is -1.92. The molecule has 0 heterocycles. The van der Waals surface area contributed by atoms with Crippen molar-refractivity contribution in [3.63, 3.8) is 0 Å². The lowest BCUT2D eigenvalue weighted by Gasteiger charge is -2.13. The summed E-state index contributed by atoms with van der Waals surface area (Å²) in [6.07, 6.45) is 8.72. The summed E-state index contributed by atoms with van der Waals surface area (Å²) in [6, 6.07) is 0. The van der Waals surface area contributed by atoms with Crippen molar-refractivity contribution in [3.05, 3.63) is 0 Å². The third-order valence-corrected chi connectivity index (χ3v) is 4.86. The normalized spacial score (nSPS) is 9.53. The first kappa shape index (κ1) is 21.4. The van der Waals surface area contributed by atoms with E-state index in [1.54, 1.807) is 0 Å². The molecule has 0 spiro atoms. The van der Waals surface area contributed by atoms with Crippen molar-refractivity contribution in [2.45, 2.75) is 40.0 Å². The zero-order chi connectivity index (χ0) is 11.4. The molecular formula is C9H25BrO3P2. The molecule has 15 heavy (non-hydrogen) atoms. The van der Waals surface area contributed by atoms with Crippen LogP contribution in [-0.4, -0.2) is 28.3 Å². The topological polar surface area (TPSA) is 57.5 Å². The summed E-state index contributed by atoms with van der Waals surface area (Å²) >= 11 is 0. The van der Waals surface area contributed by atoms with Crippen molar-refractivity contribution in [2.75, 3.05) is 18.5 Å². The van der Waals surface area contributed by atoms with E-state index in [0.717, 1.165) is 0 Å². The van der Waals surface area contributed by atoms with Gasteiger partial charge in [-0.05, 0) is 18.5 Å². The van der Waals surface area contributed by atoms with Gasteiger partial charge in [0.15, 0.2) is 0 Å². The van der Waals surface area contributed by atoms with Crippen molar-refractivity contribution < 1.29 is 14.4 Å². The molecule has 0 fully saturated rings. The van der Waals surface area contributed by atoms with Gasteiger partial charge in [-0.3, -0.25) is 4.57 Å². The minimum Gasteiger partial charge on any atom is -0.326 e. The van der Waals surface area contributed by atoms with Gasteiger partial charge in [-0.1, -0.05) is 40.0 Å². The van der Waals surface area contributed by atoms with Crippen LogP contribution in [0.4, 0.5) is 0 Å². The summed E-state index contributed by atoms with van der Waals surface area (Å²) in [6.45, 7) is 6.92. The Balaban J connectivity index is -0.000000249. The first-order valence-corrected chi connectivity index (χ1v) is 8.42. The maximum atomic E-state index is 8.74. The Morgan fingerprint density at radius 1 is 0.933 bits per heavy atom. The van der Waals surface area contributed by atoms with Crippen molar-refractivity contribution in [1.29, 1.82) is 0 Å². The molecule has 0 amide bonds. The van der Waals surface area contributed by atoms with Gasteiger partial charge in [-0.2, -0.15) is 0 Å². The minimum absolute atomic E-state index is 0. The molecule has 0 aliphatic carbocycles. The zero-order valence-corrected chi connectivity index (χ0v) is 13.5. The molecule has 0 aliphatic rings. The summed E-state index contributed by atoms with van der Waals surface area (Å²) < 4.78 is 8.74. The number of hydrogen-bond donors (Lipinski definition) is 2. The summed E-state index contributed by atoms with van der Waals surface area (Å²) in [5, 5.41) is 0. The maximum Gasteiger partial charge on any atom is 0.314 e. The van der Waals surface area contributed by atoms with E-state index in [-0.39, 0.29) is 17.0 Å². The Hall–Kier alpha value is 1.06. The van der Waals surface area contributed by atoms with E-state index < -0.39 is 8.25 Å². The molecule has 0 rings (SSSR count). The third kappa shape index (κ3) is 25.4. The molecule has 0 unspecified atom stereocenters. The van der Waals surface area contributed by atoms with Crippen LogP contribution in [0.5, 0.6) is 0 Å². The van der Waals surface area contributed by atoms with Crippen LogP contribution < -0.4 is 0 Å². The zero-order valence-electron chi connectivity index (χ0n) is 9.90. The second-order valence-electron chi connectivity index (χ2n) is 3.12. The molecule has 0 radical (unpaired) electrons. The van der Waals surface area contributed by atoms with E-state index in [0.29, 0.717) is 7.92 Å². The molecule has 0 aromatic heterocycles. The van der Waals surface area contributed by atoms with Gasteiger partial charge in [0.2, 0.25) is 0 Å². The lowest BCUT2D eigenvalue weighted by molar-refractivity contribution is 0.405. The van der Waals surface area contributed by atoms with Crippen molar-refractivity contribution in [3.8, 4) is 0 Å². The SMILES string of the molecule is Br.CCCP(CCC)CCC.O=[PH](O)O. The molecule has 3 nitrogen and oxygen atoms in total. The van der Waals surface area contributed by atoms with Crippen LogP contribution in [0.25, 0.3) is 0 Å². The number of rotatable bonds is 6. The predicted octanol–water partition coefficient (Wildman–Crippen LogP) is 3.64. The Morgan fingerprint density at radius 3 is 1.27 bits per heavy atom. The Labute approximate surface area is 106 Å². The third-order valence-electron chi connectivity index (χ3n) is 1.62. The highest BCUT2D eigenvalue weighted by atomic mass is 79.9. The van der Waals surface area contributed by atoms with E-state index in [1.165, 1.54) is 37.7 Å². The Kier molecular flexibility index (Phi) is 24.9. The lowest BCUT2D eigenvalue weighted by atomic mass is 10.6. The van der Waals surface area contributed by atoms with E-state index in [4.69, 9.17) is 14.4 Å². The molecule has 0 saturated carbocycles. The van der Waals surface area contributed by atoms with E-state index >= 15 is 0 Å². The average Bonchev–Trinajstić information content (AvgIpc) is 2.04. The molecule has 0 atom stereocenters. The number of halogens is 1. The van der Waals surface area contributed by atoms with Gasteiger partial charge in [0, 0.05) is 0 Å². The highest BCUT2D eigenvalue weighted by molar-refractivity contribution is 8.93. The average molecular weight is 323 g/mol. The quantitative estimate of drug-likeness (QED) is 0.734. The predicted molar refractivity (Wildman–Crippen MR) is 76.2 cm³/mol. The highest BCUT2D eigenvalue weighted by Gasteiger charge is 2.02. The van der Waals surface area contributed by atoms with Gasteiger partial charge in [0.1, 0.15) is 0 Å². The standard InChI is InChI=1S/C9H21P.BrH.H3O3P/c1-4-7-10(8-5-2)9-6-3;;1-4(2)3/h4-9H2,1-3H3;1H;4H,(H2,1,2,3). The van der Waals surface area contributed by atoms with Gasteiger partial charge >= 0.3 is 8.25 Å². The van der Waals surface area contributed by atoms with Crippen molar-refractivity contribution >= 4 is 33.2 Å². The van der Waals surface area contributed by atoms with Gasteiger partial charge in [0.25, 0.3) is 0 Å². The summed E-state index contributed by atoms with van der Waals surface area (Å²) in [5.41, 5.74) is 0. The molecule has 0 saturated heterocycles. The molecule has 0 aromatic rings. The van der Waals surface area contributed by atoms with Gasteiger partial charge in [0.05, 0.1) is 0 Å². The van der Waals surface area contributed by atoms with E-state index in [9.17, 15) is 0 Å². The van der Waals surface area contributed by atoms with Crippen LogP contribution in [-0.2, 0) is 4.57 Å². The van der Waals surface area contributed by atoms with Crippen LogP contribution in [0.1, 0.15) is 40.0 Å². The summed E-state index contributed by atoms with van der Waals surface area (Å²) in [4.78, 5) is 14.3. The van der Waals surface area contributed by atoms with E-state index in [2.05, 4.69) is 20.8 Å². The molecule has 0 aliphatic heterocycles. The molecule has 0 aromatic carbocycles. The molecule has 2 N–H and O–H groups in total. The fraction of sp³-hybridized carbons (Fsp3) is 1.00. The van der Waals surface area contributed by atoms with Gasteiger partial charge in [-0.25, -0.2) is 0 Å². The smallest absolute Gasteiger partial charge is 0.314 e. The first-order chi connectivity index (χ1) is 6.58. The van der Waals surface area contributed by atoms with Crippen LogP contribution in [0.3, 0.4) is 0 Å². The minimum atomic E-state index is -3.13. The maximum absolute atomic E-state index is 8.74. The second kappa shape index (κ2) is 17.5. The van der Waals surface area contributed by atoms with Crippen molar-refractivity contribution in [1.82, 2.24) is 0 Å². The first-order valence-electron chi connectivity index (χ1n) is 5.22. The Morgan fingerprint density at radius 2 is 1.13 bits per heavy atom. The van der Waals surface area contributed by atoms with Crippen LogP contribution >= 0.6 is 33.2 Å². The second-order valence-corrected chi connectivity index (χ2v) is 6.37. The highest BCUT2D eigenvalue weighted by Crippen LogP contribution is 2.37. The summed E-state index contributed by atoms with van der Waals surface area (Å²) in [5.74, 6) is 0. The van der Waals surface area contributed by atoms with Crippen molar-refractivity contribution in [2.24, 2.45) is 0 Å². The molecule has 96 valence electrons. The monoisotopic (exact) mass is 322 g/mol. The summed E-state index contributed by atoms with van der Waals surface area (Å²) in [7, 11) is -2.69. The van der Waals surface area contributed by atoms with Crippen LogP contribution in [0.15, 0.2) is 0 Å². The molecular weight excluding hydrogens is 298 g/mol. The fourth-order valence-corrected chi connectivity index (χ4v) is 3.85. The van der Waals surface area contributed by atoms with Gasteiger partial charge in [-0.15, -0.1) is 24.9 Å². The fourth-order valence-electron chi connectivity index (χ4n) is 1.28.